The van der Waals surface area contributed by atoms with Gasteiger partial charge in [0, 0.05) is 6.61 Å². The summed E-state index contributed by atoms with van der Waals surface area (Å²) in [4.78, 5) is 0. The summed E-state index contributed by atoms with van der Waals surface area (Å²) >= 11 is 0. The predicted octanol–water partition coefficient (Wildman–Crippen LogP) is 7.83. The van der Waals surface area contributed by atoms with E-state index in [4.69, 9.17) is 4.74 Å². The van der Waals surface area contributed by atoms with Crippen LogP contribution in [0.5, 0.6) is 0 Å². The van der Waals surface area contributed by atoms with Crippen molar-refractivity contribution in [3.8, 4) is 0 Å². The maximum atomic E-state index is 5.70. The molecule has 0 aliphatic heterocycles. The molecule has 0 aromatic heterocycles. The molecule has 1 atom stereocenters. The summed E-state index contributed by atoms with van der Waals surface area (Å²) in [6.45, 7) is 7.51. The molecule has 0 aromatic carbocycles. The molecule has 2 heteroatoms. The summed E-state index contributed by atoms with van der Waals surface area (Å²) < 4.78 is 5.70. The van der Waals surface area contributed by atoms with E-state index < -0.39 is 0 Å². The number of rotatable bonds is 18. The normalized spacial score (nSPS) is 12.1. The minimum absolute atomic E-state index is 0. The maximum absolute atomic E-state index is 5.70. The molecule has 0 bridgehead atoms. The minimum atomic E-state index is 0. The van der Waals surface area contributed by atoms with Crippen molar-refractivity contribution in [3.05, 3.63) is 0 Å². The summed E-state index contributed by atoms with van der Waals surface area (Å²) in [6, 6.07) is 0. The summed E-state index contributed by atoms with van der Waals surface area (Å²) in [6.07, 6.45) is 23.1. The van der Waals surface area contributed by atoms with Gasteiger partial charge < -0.3 is 10.9 Å². The van der Waals surface area contributed by atoms with Gasteiger partial charge in [0.05, 0.1) is 6.10 Å². The van der Waals surface area contributed by atoms with E-state index >= 15 is 0 Å². The molecule has 0 saturated carbocycles. The Hall–Kier alpha value is -0.0800. The highest BCUT2D eigenvalue weighted by atomic mass is 16.5. The zero-order valence-corrected chi connectivity index (χ0v) is 16.7. The van der Waals surface area contributed by atoms with Gasteiger partial charge in [-0.2, -0.15) is 0 Å². The monoisotopic (exact) mass is 329 g/mol. The van der Waals surface area contributed by atoms with Crippen molar-refractivity contribution < 1.29 is 4.74 Å². The van der Waals surface area contributed by atoms with Crippen molar-refractivity contribution in [2.24, 2.45) is 0 Å². The van der Waals surface area contributed by atoms with Gasteiger partial charge >= 0.3 is 0 Å². The van der Waals surface area contributed by atoms with Gasteiger partial charge in [0.1, 0.15) is 0 Å². The van der Waals surface area contributed by atoms with E-state index in [9.17, 15) is 0 Å². The van der Waals surface area contributed by atoms with E-state index in [1.54, 1.807) is 0 Å². The first-order valence-electron chi connectivity index (χ1n) is 10.5. The lowest BCUT2D eigenvalue weighted by molar-refractivity contribution is 0.0523. The van der Waals surface area contributed by atoms with Gasteiger partial charge in [0.15, 0.2) is 0 Å². The molecule has 0 rings (SSSR count). The van der Waals surface area contributed by atoms with Crippen LogP contribution in [0.1, 0.15) is 124 Å². The third kappa shape index (κ3) is 19.9. The lowest BCUT2D eigenvalue weighted by Gasteiger charge is -2.14. The average Bonchev–Trinajstić information content (AvgIpc) is 2.54. The number of unbranched alkanes of at least 4 members (excludes halogenated alkanes) is 13. The second-order valence-electron chi connectivity index (χ2n) is 6.87. The lowest BCUT2D eigenvalue weighted by atomic mass is 10.0. The van der Waals surface area contributed by atoms with Crippen molar-refractivity contribution in [1.82, 2.24) is 6.15 Å². The highest BCUT2D eigenvalue weighted by Crippen LogP contribution is 2.15. The van der Waals surface area contributed by atoms with Crippen molar-refractivity contribution in [1.29, 1.82) is 0 Å². The Labute approximate surface area is 147 Å². The van der Waals surface area contributed by atoms with Crippen molar-refractivity contribution in [2.75, 3.05) is 6.61 Å². The Kier molecular flexibility index (Phi) is 24.0. The van der Waals surface area contributed by atoms with Gasteiger partial charge in [-0.3, -0.25) is 0 Å². The Balaban J connectivity index is 0. The topological polar surface area (TPSA) is 44.2 Å². The Bertz CT molecular complexity index is 196. The van der Waals surface area contributed by atoms with Gasteiger partial charge in [0.25, 0.3) is 0 Å². The van der Waals surface area contributed by atoms with Crippen LogP contribution in [0.3, 0.4) is 0 Å². The Morgan fingerprint density at radius 1 is 0.565 bits per heavy atom. The summed E-state index contributed by atoms with van der Waals surface area (Å²) in [7, 11) is 0. The predicted molar refractivity (Wildman–Crippen MR) is 106 cm³/mol. The summed E-state index contributed by atoms with van der Waals surface area (Å²) in [5.74, 6) is 0. The van der Waals surface area contributed by atoms with E-state index in [0.29, 0.717) is 6.10 Å². The Morgan fingerprint density at radius 3 is 1.30 bits per heavy atom. The van der Waals surface area contributed by atoms with Crippen molar-refractivity contribution in [3.63, 3.8) is 0 Å². The maximum Gasteiger partial charge on any atom is 0.0572 e. The molecule has 0 heterocycles. The fourth-order valence-electron chi connectivity index (χ4n) is 3.21. The lowest BCUT2D eigenvalue weighted by Crippen LogP contribution is -2.11. The van der Waals surface area contributed by atoms with E-state index in [0.717, 1.165) is 6.61 Å². The zero-order chi connectivity index (χ0) is 16.3. The molecule has 0 aliphatic rings. The molecule has 3 N–H and O–H groups in total. The van der Waals surface area contributed by atoms with E-state index in [-0.39, 0.29) is 6.15 Å². The first kappa shape index (κ1) is 25.2. The summed E-state index contributed by atoms with van der Waals surface area (Å²) in [5.41, 5.74) is 0. The van der Waals surface area contributed by atoms with Crippen LogP contribution in [-0.4, -0.2) is 12.7 Å². The molecule has 0 aromatic rings. The largest absolute Gasteiger partial charge is 0.379 e. The average molecular weight is 330 g/mol. The number of hydrogen-bond donors (Lipinski definition) is 1. The van der Waals surface area contributed by atoms with Crippen LogP contribution in [0.15, 0.2) is 0 Å². The molecule has 142 valence electrons. The molecular weight excluding hydrogens is 282 g/mol. The zero-order valence-electron chi connectivity index (χ0n) is 16.7. The molecule has 0 radical (unpaired) electrons. The standard InChI is InChI=1S/C21H44O.H3N/c1-4-7-8-9-10-11-12-13-14-15-16-17-18-19-20-21(5-2)22-6-3;/h21H,4-20H2,1-3H3;1H3. The molecule has 0 amide bonds. The van der Waals surface area contributed by atoms with Crippen LogP contribution in [0.25, 0.3) is 0 Å². The first-order chi connectivity index (χ1) is 10.8. The highest BCUT2D eigenvalue weighted by Gasteiger charge is 2.04. The third-order valence-corrected chi connectivity index (χ3v) is 4.74. The van der Waals surface area contributed by atoms with Crippen LogP contribution in [-0.2, 0) is 4.74 Å². The second kappa shape index (κ2) is 21.9. The summed E-state index contributed by atoms with van der Waals surface area (Å²) in [5, 5.41) is 0. The second-order valence-corrected chi connectivity index (χ2v) is 6.87. The highest BCUT2D eigenvalue weighted by molar-refractivity contribution is 4.56. The SMILES string of the molecule is CCCCCCCCCCCCCCCCC(CC)OCC.N. The smallest absolute Gasteiger partial charge is 0.0572 e. The molecule has 1 unspecified atom stereocenters. The Morgan fingerprint density at radius 2 is 0.957 bits per heavy atom. The van der Waals surface area contributed by atoms with Gasteiger partial charge in [-0.1, -0.05) is 104 Å². The molecule has 0 saturated heterocycles. The third-order valence-electron chi connectivity index (χ3n) is 4.74. The van der Waals surface area contributed by atoms with E-state index in [1.807, 2.05) is 0 Å². The molecule has 2 nitrogen and oxygen atoms in total. The van der Waals surface area contributed by atoms with Gasteiger partial charge in [0.2, 0.25) is 0 Å². The van der Waals surface area contributed by atoms with Crippen LogP contribution >= 0.6 is 0 Å². The fraction of sp³-hybridized carbons (Fsp3) is 1.00. The molecule has 23 heavy (non-hydrogen) atoms. The van der Waals surface area contributed by atoms with Crippen molar-refractivity contribution >= 4 is 0 Å². The first-order valence-corrected chi connectivity index (χ1v) is 10.5. The molecule has 0 aliphatic carbocycles. The van der Waals surface area contributed by atoms with E-state index in [1.165, 1.54) is 103 Å². The minimum Gasteiger partial charge on any atom is -0.379 e. The molecular formula is C21H47NO. The van der Waals surface area contributed by atoms with Gasteiger partial charge in [-0.05, 0) is 19.8 Å². The van der Waals surface area contributed by atoms with Crippen molar-refractivity contribution in [2.45, 2.75) is 130 Å². The van der Waals surface area contributed by atoms with E-state index in [2.05, 4.69) is 20.8 Å². The number of hydrogen-bond acceptors (Lipinski definition) is 2. The van der Waals surface area contributed by atoms with Gasteiger partial charge in [-0.25, -0.2) is 0 Å². The quantitative estimate of drug-likeness (QED) is 0.260. The van der Waals surface area contributed by atoms with Gasteiger partial charge in [-0.15, -0.1) is 0 Å². The number of ether oxygens (including phenoxy) is 1. The van der Waals surface area contributed by atoms with Crippen LogP contribution in [0.2, 0.25) is 0 Å². The fourth-order valence-corrected chi connectivity index (χ4v) is 3.21. The van der Waals surface area contributed by atoms with Crippen LogP contribution in [0.4, 0.5) is 0 Å². The van der Waals surface area contributed by atoms with Crippen LogP contribution in [0, 0.1) is 0 Å². The van der Waals surface area contributed by atoms with Crippen LogP contribution < -0.4 is 6.15 Å². The molecule has 0 fully saturated rings. The molecule has 0 spiro atoms.